The van der Waals surface area contributed by atoms with E-state index in [0.29, 0.717) is 5.92 Å². The highest BCUT2D eigenvalue weighted by molar-refractivity contribution is 5.27. The van der Waals surface area contributed by atoms with E-state index in [2.05, 4.69) is 4.74 Å². The van der Waals surface area contributed by atoms with Crippen LogP contribution in [0.15, 0.2) is 24.3 Å². The number of rotatable bonds is 7. The summed E-state index contributed by atoms with van der Waals surface area (Å²) >= 11 is 0. The zero-order chi connectivity index (χ0) is 16.7. The third-order valence-electron chi connectivity index (χ3n) is 4.52. The van der Waals surface area contributed by atoms with Crippen molar-refractivity contribution in [3.8, 4) is 5.75 Å². The Hall–Kier alpha value is -1.23. The van der Waals surface area contributed by atoms with Gasteiger partial charge in [0.15, 0.2) is 0 Å². The van der Waals surface area contributed by atoms with Gasteiger partial charge < -0.3 is 9.47 Å². The van der Waals surface area contributed by atoms with Crippen molar-refractivity contribution in [2.45, 2.75) is 51.8 Å². The first-order chi connectivity index (χ1) is 11.0. The summed E-state index contributed by atoms with van der Waals surface area (Å²) in [6.07, 6.45) is 2.29. The fourth-order valence-corrected chi connectivity index (χ4v) is 3.20. The van der Waals surface area contributed by atoms with Crippen LogP contribution in [0.4, 0.5) is 13.2 Å². The van der Waals surface area contributed by atoms with Gasteiger partial charge in [-0.2, -0.15) is 0 Å². The van der Waals surface area contributed by atoms with Crippen molar-refractivity contribution >= 4 is 0 Å². The van der Waals surface area contributed by atoms with Crippen LogP contribution in [0.3, 0.4) is 0 Å². The molecule has 0 heterocycles. The van der Waals surface area contributed by atoms with Crippen LogP contribution >= 0.6 is 0 Å². The zero-order valence-corrected chi connectivity index (χ0v) is 13.6. The number of halogens is 3. The molecule has 2 nitrogen and oxygen atoms in total. The molecule has 1 aromatic carbocycles. The predicted octanol–water partition coefficient (Wildman–Crippen LogP) is 5.36. The van der Waals surface area contributed by atoms with Gasteiger partial charge >= 0.3 is 6.36 Å². The first-order valence-corrected chi connectivity index (χ1v) is 8.38. The Bertz CT molecular complexity index is 448. The Morgan fingerprint density at radius 3 is 2.17 bits per heavy atom. The lowest BCUT2D eigenvalue weighted by Crippen LogP contribution is -2.19. The van der Waals surface area contributed by atoms with Crippen LogP contribution in [0.2, 0.25) is 0 Å². The van der Waals surface area contributed by atoms with Crippen molar-refractivity contribution in [1.29, 1.82) is 0 Å². The SMILES string of the molecule is CCOCC1CCC(CCc2ccc(OC(F)(F)F)cc2)CC1. The number of benzene rings is 1. The Morgan fingerprint density at radius 2 is 1.61 bits per heavy atom. The topological polar surface area (TPSA) is 18.5 Å². The van der Waals surface area contributed by atoms with E-state index < -0.39 is 6.36 Å². The van der Waals surface area contributed by atoms with E-state index in [1.807, 2.05) is 6.92 Å². The molecule has 0 saturated heterocycles. The molecule has 0 unspecified atom stereocenters. The number of ether oxygens (including phenoxy) is 2. The molecular weight excluding hydrogens is 305 g/mol. The highest BCUT2D eigenvalue weighted by atomic mass is 19.4. The molecule has 0 aromatic heterocycles. The van der Waals surface area contributed by atoms with Crippen LogP contribution in [-0.2, 0) is 11.2 Å². The minimum absolute atomic E-state index is 0.155. The second kappa shape index (κ2) is 8.57. The van der Waals surface area contributed by atoms with Crippen molar-refractivity contribution in [1.82, 2.24) is 0 Å². The second-order valence-corrected chi connectivity index (χ2v) is 6.28. The summed E-state index contributed by atoms with van der Waals surface area (Å²) in [5.41, 5.74) is 1.07. The Balaban J connectivity index is 1.70. The summed E-state index contributed by atoms with van der Waals surface area (Å²) in [7, 11) is 0. The molecule has 5 heteroatoms. The van der Waals surface area contributed by atoms with Crippen molar-refractivity contribution in [3.05, 3.63) is 29.8 Å². The summed E-state index contributed by atoms with van der Waals surface area (Å²) in [6, 6.07) is 6.23. The van der Waals surface area contributed by atoms with Crippen LogP contribution in [0.1, 0.15) is 44.6 Å². The lowest BCUT2D eigenvalue weighted by molar-refractivity contribution is -0.274. The van der Waals surface area contributed by atoms with E-state index >= 15 is 0 Å². The minimum Gasteiger partial charge on any atom is -0.406 e. The van der Waals surface area contributed by atoms with Gasteiger partial charge in [0.2, 0.25) is 0 Å². The van der Waals surface area contributed by atoms with Crippen LogP contribution in [0.25, 0.3) is 0 Å². The van der Waals surface area contributed by atoms with Crippen LogP contribution in [0, 0.1) is 11.8 Å². The quantitative estimate of drug-likeness (QED) is 0.670. The summed E-state index contributed by atoms with van der Waals surface area (Å²) in [6.45, 7) is 3.69. The molecular formula is C18H25F3O2. The highest BCUT2D eigenvalue weighted by Gasteiger charge is 2.31. The van der Waals surface area contributed by atoms with Gasteiger partial charge in [0.25, 0.3) is 0 Å². The monoisotopic (exact) mass is 330 g/mol. The maximum absolute atomic E-state index is 12.1. The standard InChI is InChI=1S/C18H25F3O2/c1-2-22-13-16-7-5-14(6-8-16)3-4-15-9-11-17(12-10-15)23-18(19,20)21/h9-12,14,16H,2-8,13H2,1H3. The number of hydrogen-bond acceptors (Lipinski definition) is 2. The summed E-state index contributed by atoms with van der Waals surface area (Å²) in [5.74, 6) is 1.27. The van der Waals surface area contributed by atoms with E-state index in [-0.39, 0.29) is 5.75 Å². The minimum atomic E-state index is -4.62. The van der Waals surface area contributed by atoms with Crippen molar-refractivity contribution < 1.29 is 22.6 Å². The van der Waals surface area contributed by atoms with E-state index in [9.17, 15) is 13.2 Å². The summed E-state index contributed by atoms with van der Waals surface area (Å²) in [5, 5.41) is 0. The third-order valence-corrected chi connectivity index (χ3v) is 4.52. The molecule has 1 aliphatic rings. The van der Waals surface area contributed by atoms with Crippen LogP contribution < -0.4 is 4.74 Å². The van der Waals surface area contributed by atoms with E-state index in [1.165, 1.54) is 37.8 Å². The second-order valence-electron chi connectivity index (χ2n) is 6.28. The van der Waals surface area contributed by atoms with Crippen molar-refractivity contribution in [2.24, 2.45) is 11.8 Å². The lowest BCUT2D eigenvalue weighted by Gasteiger charge is -2.28. The largest absolute Gasteiger partial charge is 0.573 e. The van der Waals surface area contributed by atoms with Gasteiger partial charge in [-0.3, -0.25) is 0 Å². The molecule has 0 amide bonds. The maximum atomic E-state index is 12.1. The Labute approximate surface area is 136 Å². The van der Waals surface area contributed by atoms with Crippen LogP contribution in [-0.4, -0.2) is 19.6 Å². The highest BCUT2D eigenvalue weighted by Crippen LogP contribution is 2.32. The number of hydrogen-bond donors (Lipinski definition) is 0. The van der Waals surface area contributed by atoms with Crippen molar-refractivity contribution in [3.63, 3.8) is 0 Å². The summed E-state index contributed by atoms with van der Waals surface area (Å²) < 4.78 is 45.7. The molecule has 130 valence electrons. The number of aryl methyl sites for hydroxylation is 1. The lowest BCUT2D eigenvalue weighted by atomic mass is 9.80. The third kappa shape index (κ3) is 6.81. The molecule has 1 fully saturated rings. The molecule has 0 spiro atoms. The van der Waals surface area contributed by atoms with E-state index in [1.54, 1.807) is 12.1 Å². The molecule has 0 bridgehead atoms. The van der Waals surface area contributed by atoms with Gasteiger partial charge in [-0.05, 0) is 62.1 Å². The van der Waals surface area contributed by atoms with E-state index in [0.717, 1.165) is 37.5 Å². The van der Waals surface area contributed by atoms with Gasteiger partial charge in [0.05, 0.1) is 0 Å². The Kier molecular flexibility index (Phi) is 6.75. The number of alkyl halides is 3. The maximum Gasteiger partial charge on any atom is 0.573 e. The first kappa shape index (κ1) is 18.1. The molecule has 1 aromatic rings. The molecule has 1 aliphatic carbocycles. The summed E-state index contributed by atoms with van der Waals surface area (Å²) in [4.78, 5) is 0. The fraction of sp³-hybridized carbons (Fsp3) is 0.667. The van der Waals surface area contributed by atoms with Gasteiger partial charge in [-0.25, -0.2) is 0 Å². The van der Waals surface area contributed by atoms with Gasteiger partial charge in [-0.15, -0.1) is 13.2 Å². The van der Waals surface area contributed by atoms with Crippen LogP contribution in [0.5, 0.6) is 5.75 Å². The first-order valence-electron chi connectivity index (χ1n) is 8.38. The van der Waals surface area contributed by atoms with Gasteiger partial charge in [0.1, 0.15) is 5.75 Å². The average molecular weight is 330 g/mol. The molecule has 1 saturated carbocycles. The van der Waals surface area contributed by atoms with E-state index in [4.69, 9.17) is 4.74 Å². The molecule has 0 atom stereocenters. The zero-order valence-electron chi connectivity index (χ0n) is 13.6. The molecule has 0 radical (unpaired) electrons. The molecule has 2 rings (SSSR count). The predicted molar refractivity (Wildman–Crippen MR) is 83.4 cm³/mol. The van der Waals surface area contributed by atoms with Crippen molar-refractivity contribution in [2.75, 3.05) is 13.2 Å². The normalized spacial score (nSPS) is 22.1. The Morgan fingerprint density at radius 1 is 1.00 bits per heavy atom. The molecule has 23 heavy (non-hydrogen) atoms. The van der Waals surface area contributed by atoms with Gasteiger partial charge in [-0.1, -0.05) is 25.0 Å². The van der Waals surface area contributed by atoms with Gasteiger partial charge in [0, 0.05) is 13.2 Å². The fourth-order valence-electron chi connectivity index (χ4n) is 3.20. The smallest absolute Gasteiger partial charge is 0.406 e. The molecule has 0 N–H and O–H groups in total. The average Bonchev–Trinajstić information content (AvgIpc) is 2.52. The molecule has 0 aliphatic heterocycles.